The Morgan fingerprint density at radius 3 is 2.66 bits per heavy atom. The van der Waals surface area contributed by atoms with Gasteiger partial charge in [-0.15, -0.1) is 0 Å². The van der Waals surface area contributed by atoms with Gasteiger partial charge in [0.05, 0.1) is 16.6 Å². The number of nitriles is 1. The van der Waals surface area contributed by atoms with Crippen molar-refractivity contribution in [3.63, 3.8) is 0 Å². The summed E-state index contributed by atoms with van der Waals surface area (Å²) in [6, 6.07) is 21.3. The fourth-order valence-electron chi connectivity index (χ4n) is 4.94. The van der Waals surface area contributed by atoms with Crippen molar-refractivity contribution in [3.05, 3.63) is 78.0 Å². The molecule has 0 saturated carbocycles. The molecule has 1 saturated heterocycles. The molecule has 0 bridgehead atoms. The summed E-state index contributed by atoms with van der Waals surface area (Å²) < 4.78 is 5.94. The molecule has 1 aliphatic rings. The molecule has 1 amide bonds. The number of pyridine rings is 1. The molecule has 2 aromatic heterocycles. The summed E-state index contributed by atoms with van der Waals surface area (Å²) in [6.07, 6.45) is 4.06. The molecule has 0 spiro atoms. The third-order valence-electron chi connectivity index (χ3n) is 6.67. The summed E-state index contributed by atoms with van der Waals surface area (Å²) in [5.74, 6) is 1.78. The minimum absolute atomic E-state index is 0.0360. The van der Waals surface area contributed by atoms with E-state index in [4.69, 9.17) is 15.5 Å². The lowest BCUT2D eigenvalue weighted by atomic mass is 10.0. The number of anilines is 1. The number of carbonyl (C=O) groups excluding carboxylic acids is 1. The van der Waals surface area contributed by atoms with Crippen molar-refractivity contribution in [2.45, 2.75) is 39.2 Å². The fourth-order valence-corrected chi connectivity index (χ4v) is 4.94. The fraction of sp³-hybridized carbons (Fsp3) is 0.267. The third-order valence-corrected chi connectivity index (χ3v) is 6.67. The van der Waals surface area contributed by atoms with Gasteiger partial charge >= 0.3 is 0 Å². The molecule has 1 aliphatic heterocycles. The topological polar surface area (TPSA) is 121 Å². The van der Waals surface area contributed by atoms with E-state index in [0.29, 0.717) is 18.8 Å². The highest BCUT2D eigenvalue weighted by Crippen LogP contribution is 2.33. The van der Waals surface area contributed by atoms with Crippen LogP contribution in [0.1, 0.15) is 32.4 Å². The average Bonchev–Trinajstić information content (AvgIpc) is 3.54. The van der Waals surface area contributed by atoms with Gasteiger partial charge in [-0.1, -0.05) is 38.1 Å². The van der Waals surface area contributed by atoms with Gasteiger partial charge in [-0.25, -0.2) is 0 Å². The van der Waals surface area contributed by atoms with Crippen LogP contribution in [-0.4, -0.2) is 38.6 Å². The van der Waals surface area contributed by atoms with Crippen LogP contribution < -0.4 is 10.5 Å². The Morgan fingerprint density at radius 2 is 1.95 bits per heavy atom. The van der Waals surface area contributed by atoms with Crippen molar-refractivity contribution in [1.29, 1.82) is 5.26 Å². The van der Waals surface area contributed by atoms with Gasteiger partial charge in [-0.2, -0.15) is 10.4 Å². The van der Waals surface area contributed by atoms with E-state index < -0.39 is 0 Å². The third kappa shape index (κ3) is 5.23. The van der Waals surface area contributed by atoms with Crippen LogP contribution in [0.25, 0.3) is 22.2 Å². The van der Waals surface area contributed by atoms with Gasteiger partial charge in [0.15, 0.2) is 5.82 Å². The SMILES string of the molecule is CC(C)/C=C(/C#N)C(=O)N1CCC[C@H]1Cc1cc2[nH]nc(N)c2c(-c2ccc(Oc3ccccc3)cc2)n1. The predicted molar refractivity (Wildman–Crippen MR) is 147 cm³/mol. The van der Waals surface area contributed by atoms with Gasteiger partial charge in [-0.3, -0.25) is 14.9 Å². The summed E-state index contributed by atoms with van der Waals surface area (Å²) in [6.45, 7) is 4.56. The van der Waals surface area contributed by atoms with Crippen LogP contribution in [0.3, 0.4) is 0 Å². The summed E-state index contributed by atoms with van der Waals surface area (Å²) in [5.41, 5.74) is 9.65. The molecule has 1 fully saturated rings. The summed E-state index contributed by atoms with van der Waals surface area (Å²) in [7, 11) is 0. The van der Waals surface area contributed by atoms with Gasteiger partial charge in [0, 0.05) is 30.3 Å². The number of nitrogens with zero attached hydrogens (tertiary/aromatic N) is 4. The first-order valence-corrected chi connectivity index (χ1v) is 12.8. The van der Waals surface area contributed by atoms with Gasteiger partial charge in [0.1, 0.15) is 23.1 Å². The zero-order valence-electron chi connectivity index (χ0n) is 21.5. The van der Waals surface area contributed by atoms with Gasteiger partial charge in [0.25, 0.3) is 5.91 Å². The molecule has 0 radical (unpaired) electrons. The minimum Gasteiger partial charge on any atom is -0.457 e. The number of H-pyrrole nitrogens is 1. The van der Waals surface area contributed by atoms with E-state index in [1.54, 1.807) is 6.08 Å². The van der Waals surface area contributed by atoms with Crippen LogP contribution in [0.2, 0.25) is 0 Å². The zero-order valence-corrected chi connectivity index (χ0v) is 21.5. The molecular weight excluding hydrogens is 476 g/mol. The van der Waals surface area contributed by atoms with E-state index in [1.165, 1.54) is 0 Å². The summed E-state index contributed by atoms with van der Waals surface area (Å²) >= 11 is 0. The molecule has 3 heterocycles. The molecule has 0 unspecified atom stereocenters. The van der Waals surface area contributed by atoms with Crippen molar-refractivity contribution in [2.24, 2.45) is 5.92 Å². The number of carbonyl (C=O) groups is 1. The van der Waals surface area contributed by atoms with E-state index in [9.17, 15) is 10.1 Å². The lowest BCUT2D eigenvalue weighted by molar-refractivity contribution is -0.127. The number of likely N-dealkylation sites (tertiary alicyclic amines) is 1. The number of rotatable bonds is 7. The Labute approximate surface area is 221 Å². The maximum atomic E-state index is 13.1. The van der Waals surface area contributed by atoms with E-state index in [-0.39, 0.29) is 23.4 Å². The first-order valence-electron chi connectivity index (χ1n) is 12.8. The van der Waals surface area contributed by atoms with E-state index in [0.717, 1.165) is 52.2 Å². The van der Waals surface area contributed by atoms with Gasteiger partial charge in [-0.05, 0) is 61.2 Å². The number of ether oxygens (including phenoxy) is 1. The Hall–Kier alpha value is -4.64. The minimum atomic E-state index is -0.204. The number of para-hydroxylation sites is 1. The molecule has 0 aliphatic carbocycles. The lowest BCUT2D eigenvalue weighted by Gasteiger charge is -2.24. The van der Waals surface area contributed by atoms with Gasteiger partial charge in [0.2, 0.25) is 0 Å². The van der Waals surface area contributed by atoms with E-state index in [1.807, 2.05) is 79.4 Å². The van der Waals surface area contributed by atoms with Crippen LogP contribution >= 0.6 is 0 Å². The van der Waals surface area contributed by atoms with Crippen molar-refractivity contribution >= 4 is 22.6 Å². The number of fused-ring (bicyclic) bond motifs is 1. The van der Waals surface area contributed by atoms with Crippen LogP contribution in [-0.2, 0) is 11.2 Å². The largest absolute Gasteiger partial charge is 0.457 e. The van der Waals surface area contributed by atoms with Crippen LogP contribution in [0.4, 0.5) is 5.82 Å². The molecule has 2 aromatic carbocycles. The monoisotopic (exact) mass is 506 g/mol. The highest BCUT2D eigenvalue weighted by Gasteiger charge is 2.31. The number of nitrogens with one attached hydrogen (secondary N) is 1. The molecule has 1 atom stereocenters. The Bertz CT molecular complexity index is 1520. The summed E-state index contributed by atoms with van der Waals surface area (Å²) in [5, 5.41) is 17.5. The first-order chi connectivity index (χ1) is 18.4. The molecule has 38 heavy (non-hydrogen) atoms. The summed E-state index contributed by atoms with van der Waals surface area (Å²) in [4.78, 5) is 20.0. The second kappa shape index (κ2) is 10.8. The molecule has 8 nitrogen and oxygen atoms in total. The second-order valence-electron chi connectivity index (χ2n) is 9.87. The molecule has 3 N–H and O–H groups in total. The number of aromatic nitrogens is 3. The number of allylic oxidation sites excluding steroid dienone is 1. The quantitative estimate of drug-likeness (QED) is 0.247. The number of amides is 1. The Kier molecular flexibility index (Phi) is 7.09. The maximum Gasteiger partial charge on any atom is 0.264 e. The number of hydrogen-bond acceptors (Lipinski definition) is 6. The van der Waals surface area contributed by atoms with Crippen molar-refractivity contribution in [3.8, 4) is 28.8 Å². The van der Waals surface area contributed by atoms with E-state index >= 15 is 0 Å². The smallest absolute Gasteiger partial charge is 0.264 e. The highest BCUT2D eigenvalue weighted by molar-refractivity contribution is 6.00. The highest BCUT2D eigenvalue weighted by atomic mass is 16.5. The van der Waals surface area contributed by atoms with E-state index in [2.05, 4.69) is 16.3 Å². The predicted octanol–water partition coefficient (Wildman–Crippen LogP) is 5.64. The number of benzene rings is 2. The van der Waals surface area contributed by atoms with Gasteiger partial charge < -0.3 is 15.4 Å². The standard InChI is InChI=1S/C30H30N6O2/c1-19(2)15-21(18-31)30(37)36-14-6-7-23(36)16-22-17-26-27(29(32)35-34-26)28(33-22)20-10-12-25(13-11-20)38-24-8-4-3-5-9-24/h3-5,8-13,15,17,19,23H,6-7,14,16H2,1-2H3,(H3,32,34,35)/b21-15-/t23-/m0/s1. The van der Waals surface area contributed by atoms with Crippen molar-refractivity contribution in [1.82, 2.24) is 20.1 Å². The average molecular weight is 507 g/mol. The second-order valence-corrected chi connectivity index (χ2v) is 9.87. The number of nitrogen functional groups attached to an aromatic ring is 1. The van der Waals surface area contributed by atoms with Crippen LogP contribution in [0, 0.1) is 17.2 Å². The Morgan fingerprint density at radius 1 is 1.21 bits per heavy atom. The van der Waals surface area contributed by atoms with Crippen LogP contribution in [0.15, 0.2) is 72.3 Å². The molecule has 5 rings (SSSR count). The van der Waals surface area contributed by atoms with Crippen LogP contribution in [0.5, 0.6) is 11.5 Å². The molecule has 4 aromatic rings. The Balaban J connectivity index is 1.43. The molecule has 192 valence electrons. The first kappa shape index (κ1) is 25.0. The lowest BCUT2D eigenvalue weighted by Crippen LogP contribution is -2.37. The van der Waals surface area contributed by atoms with Crippen molar-refractivity contribution in [2.75, 3.05) is 12.3 Å². The zero-order chi connectivity index (χ0) is 26.6. The maximum absolute atomic E-state index is 13.1. The number of nitrogens with two attached hydrogens (primary N) is 1. The van der Waals surface area contributed by atoms with Crippen molar-refractivity contribution < 1.29 is 9.53 Å². The normalized spacial score (nSPS) is 15.7. The number of hydrogen-bond donors (Lipinski definition) is 2. The molecular formula is C30H30N6O2. The number of aromatic amines is 1. The molecule has 8 heteroatoms.